The Morgan fingerprint density at radius 3 is 2.89 bits per heavy atom. The Balaban J connectivity index is 0.000000574. The Morgan fingerprint density at radius 2 is 2.11 bits per heavy atom. The molecule has 0 fully saturated rings. The maximum atomic E-state index is 5.77. The summed E-state index contributed by atoms with van der Waals surface area (Å²) < 4.78 is 16.7. The second kappa shape index (κ2) is 6.07. The fourth-order valence-corrected chi connectivity index (χ4v) is 2.35. The minimum Gasteiger partial charge on any atom is -0.454 e. The molecule has 0 saturated heterocycles. The van der Waals surface area contributed by atoms with E-state index in [1.165, 1.54) is 5.56 Å². The first kappa shape index (κ1) is 13.2. The van der Waals surface area contributed by atoms with Crippen LogP contribution in [-0.4, -0.2) is 27.0 Å². The van der Waals surface area contributed by atoms with Crippen LogP contribution in [0.4, 0.5) is 0 Å². The third kappa shape index (κ3) is 2.31. The highest BCUT2D eigenvalue weighted by Gasteiger charge is 2.29. The monoisotopic (exact) mass is 251 g/mol. The predicted molar refractivity (Wildman–Crippen MR) is 70.2 cm³/mol. The van der Waals surface area contributed by atoms with Crippen LogP contribution in [0, 0.1) is 0 Å². The Bertz CT molecular complexity index is 406. The van der Waals surface area contributed by atoms with E-state index >= 15 is 0 Å². The Kier molecular flexibility index (Phi) is 4.44. The molecule has 0 saturated carbocycles. The molecule has 0 amide bonds. The van der Waals surface area contributed by atoms with Crippen LogP contribution in [0.1, 0.15) is 31.1 Å². The molecule has 3 rings (SSSR count). The van der Waals surface area contributed by atoms with Gasteiger partial charge in [-0.1, -0.05) is 19.9 Å². The Morgan fingerprint density at radius 1 is 1.28 bits per heavy atom. The van der Waals surface area contributed by atoms with Crippen LogP contribution < -0.4 is 14.8 Å². The van der Waals surface area contributed by atoms with E-state index in [1.807, 2.05) is 27.0 Å². The van der Waals surface area contributed by atoms with Crippen LogP contribution in [0.5, 0.6) is 11.5 Å². The predicted octanol–water partition coefficient (Wildman–Crippen LogP) is 2.27. The number of fused-ring (bicyclic) bond motifs is 3. The smallest absolute Gasteiger partial charge is 0.231 e. The molecular weight excluding hydrogens is 230 g/mol. The van der Waals surface area contributed by atoms with Crippen molar-refractivity contribution in [3.8, 4) is 11.5 Å². The molecule has 1 unspecified atom stereocenters. The van der Waals surface area contributed by atoms with Gasteiger partial charge in [-0.25, -0.2) is 0 Å². The number of ether oxygens (including phenoxy) is 3. The average Bonchev–Trinajstić information content (AvgIpc) is 2.90. The summed E-state index contributed by atoms with van der Waals surface area (Å²) in [6.07, 6.45) is 1.03. The molecule has 1 aromatic carbocycles. The Hall–Kier alpha value is -1.26. The van der Waals surface area contributed by atoms with Crippen LogP contribution in [0.15, 0.2) is 12.1 Å². The molecule has 4 nitrogen and oxygen atoms in total. The molecule has 0 bridgehead atoms. The van der Waals surface area contributed by atoms with Crippen LogP contribution in [0.25, 0.3) is 0 Å². The molecule has 2 heterocycles. The number of rotatable bonds is 2. The van der Waals surface area contributed by atoms with Gasteiger partial charge in [0.25, 0.3) is 0 Å². The van der Waals surface area contributed by atoms with Crippen molar-refractivity contribution in [3.63, 3.8) is 0 Å². The lowest BCUT2D eigenvalue weighted by molar-refractivity contribution is 0.0415. The molecule has 100 valence electrons. The number of nitrogens with one attached hydrogen (secondary N) is 1. The summed E-state index contributed by atoms with van der Waals surface area (Å²) in [5, 5.41) is 3.15. The molecule has 2 aliphatic rings. The van der Waals surface area contributed by atoms with Gasteiger partial charge in [0.05, 0.1) is 12.7 Å². The summed E-state index contributed by atoms with van der Waals surface area (Å²) in [7, 11) is 1.93. The topological polar surface area (TPSA) is 39.7 Å². The summed E-state index contributed by atoms with van der Waals surface area (Å²) >= 11 is 0. The van der Waals surface area contributed by atoms with Gasteiger partial charge in [0.1, 0.15) is 0 Å². The van der Waals surface area contributed by atoms with Crippen molar-refractivity contribution in [2.24, 2.45) is 0 Å². The molecule has 18 heavy (non-hydrogen) atoms. The summed E-state index contributed by atoms with van der Waals surface area (Å²) in [5.41, 5.74) is 2.48. The first-order chi connectivity index (χ1) is 8.90. The highest BCUT2D eigenvalue weighted by Crippen LogP contribution is 2.43. The molecule has 1 N–H and O–H groups in total. The standard InChI is InChI=1S/C12H15NO3.C2H6/c1-13-6-10-11-8(4-5-14-10)2-3-9-12(11)16-7-15-9;1-2/h2-3,10,13H,4-7H2,1H3;1-2H3. The second-order valence-corrected chi connectivity index (χ2v) is 4.04. The number of likely N-dealkylation sites (N-methyl/N-ethyl adjacent to an activating group) is 1. The molecule has 0 aromatic heterocycles. The Labute approximate surface area is 108 Å². The third-order valence-electron chi connectivity index (χ3n) is 3.07. The van der Waals surface area contributed by atoms with Crippen LogP contribution in [0.2, 0.25) is 0 Å². The second-order valence-electron chi connectivity index (χ2n) is 4.04. The highest BCUT2D eigenvalue weighted by atomic mass is 16.7. The number of hydrogen-bond acceptors (Lipinski definition) is 4. The van der Waals surface area contributed by atoms with E-state index in [-0.39, 0.29) is 6.10 Å². The van der Waals surface area contributed by atoms with Crippen molar-refractivity contribution in [2.45, 2.75) is 26.4 Å². The van der Waals surface area contributed by atoms with Crippen molar-refractivity contribution < 1.29 is 14.2 Å². The molecule has 1 atom stereocenters. The van der Waals surface area contributed by atoms with Gasteiger partial charge in [0.2, 0.25) is 6.79 Å². The highest BCUT2D eigenvalue weighted by molar-refractivity contribution is 5.54. The maximum Gasteiger partial charge on any atom is 0.231 e. The van der Waals surface area contributed by atoms with Crippen molar-refractivity contribution >= 4 is 0 Å². The van der Waals surface area contributed by atoms with E-state index < -0.39 is 0 Å². The summed E-state index contributed by atoms with van der Waals surface area (Å²) in [4.78, 5) is 0. The average molecular weight is 251 g/mol. The van der Waals surface area contributed by atoms with Crippen molar-refractivity contribution in [2.75, 3.05) is 27.0 Å². The largest absolute Gasteiger partial charge is 0.454 e. The third-order valence-corrected chi connectivity index (χ3v) is 3.07. The quantitative estimate of drug-likeness (QED) is 0.875. The molecule has 0 radical (unpaired) electrons. The lowest BCUT2D eigenvalue weighted by Gasteiger charge is -2.26. The van der Waals surface area contributed by atoms with Gasteiger partial charge in [-0.05, 0) is 25.1 Å². The molecule has 2 aliphatic heterocycles. The molecule has 0 aliphatic carbocycles. The first-order valence-corrected chi connectivity index (χ1v) is 6.57. The fourth-order valence-electron chi connectivity index (χ4n) is 2.35. The zero-order valence-electron chi connectivity index (χ0n) is 11.3. The van der Waals surface area contributed by atoms with E-state index in [9.17, 15) is 0 Å². The van der Waals surface area contributed by atoms with Crippen molar-refractivity contribution in [1.29, 1.82) is 0 Å². The van der Waals surface area contributed by atoms with Crippen molar-refractivity contribution in [1.82, 2.24) is 5.32 Å². The molecule has 0 spiro atoms. The minimum atomic E-state index is 0.0744. The SMILES string of the molecule is CC.CNCC1OCCc2ccc3c(c21)OCO3. The van der Waals surface area contributed by atoms with E-state index in [0.29, 0.717) is 6.79 Å². The molecular formula is C14H21NO3. The number of benzene rings is 1. The zero-order valence-corrected chi connectivity index (χ0v) is 11.3. The lowest BCUT2D eigenvalue weighted by Crippen LogP contribution is -2.25. The zero-order chi connectivity index (χ0) is 13.0. The van der Waals surface area contributed by atoms with Gasteiger partial charge < -0.3 is 19.5 Å². The van der Waals surface area contributed by atoms with E-state index in [1.54, 1.807) is 0 Å². The van der Waals surface area contributed by atoms with Gasteiger partial charge in [0.15, 0.2) is 11.5 Å². The van der Waals surface area contributed by atoms with Crippen LogP contribution in [0.3, 0.4) is 0 Å². The molecule has 1 aromatic rings. The van der Waals surface area contributed by atoms with Crippen molar-refractivity contribution in [3.05, 3.63) is 23.3 Å². The summed E-state index contributed by atoms with van der Waals surface area (Å²) in [6.45, 7) is 5.89. The number of hydrogen-bond donors (Lipinski definition) is 1. The van der Waals surface area contributed by atoms with E-state index in [0.717, 1.165) is 36.6 Å². The minimum absolute atomic E-state index is 0.0744. The fraction of sp³-hybridized carbons (Fsp3) is 0.571. The van der Waals surface area contributed by atoms with E-state index in [2.05, 4.69) is 11.4 Å². The van der Waals surface area contributed by atoms with E-state index in [4.69, 9.17) is 14.2 Å². The van der Waals surface area contributed by atoms with Gasteiger partial charge in [-0.15, -0.1) is 0 Å². The summed E-state index contributed by atoms with van der Waals surface area (Å²) in [6, 6.07) is 4.11. The van der Waals surface area contributed by atoms with Crippen LogP contribution >= 0.6 is 0 Å². The van der Waals surface area contributed by atoms with Crippen LogP contribution in [-0.2, 0) is 11.2 Å². The summed E-state index contributed by atoms with van der Waals surface area (Å²) in [5.74, 6) is 1.71. The van der Waals surface area contributed by atoms with Gasteiger partial charge in [-0.2, -0.15) is 0 Å². The van der Waals surface area contributed by atoms with Gasteiger partial charge in [0, 0.05) is 12.1 Å². The first-order valence-electron chi connectivity index (χ1n) is 6.57. The molecule has 4 heteroatoms. The lowest BCUT2D eigenvalue weighted by atomic mass is 9.96. The maximum absolute atomic E-state index is 5.77. The van der Waals surface area contributed by atoms with Gasteiger partial charge >= 0.3 is 0 Å². The van der Waals surface area contributed by atoms with Gasteiger partial charge in [-0.3, -0.25) is 0 Å². The normalized spacial score (nSPS) is 19.8.